The minimum Gasteiger partial charge on any atom is -0.497 e. The van der Waals surface area contributed by atoms with Crippen LogP contribution in [0.3, 0.4) is 0 Å². The number of ether oxygens (including phenoxy) is 1. The standard InChI is InChI=1S/C22H28BrN3O5S/c1-5-24-22(28)16(2)25(14-17-7-6-8-20(13-17)31-3)21(27)15-26(32(4,29)30)19-11-9-18(23)10-12-19/h6-13,16H,5,14-15H2,1-4H3,(H,24,28)/t16-/m0/s1. The van der Waals surface area contributed by atoms with Gasteiger partial charge in [0.1, 0.15) is 18.3 Å². The van der Waals surface area contributed by atoms with Crippen LogP contribution in [0.1, 0.15) is 19.4 Å². The monoisotopic (exact) mass is 525 g/mol. The second-order valence-corrected chi connectivity index (χ2v) is 10.0. The number of benzene rings is 2. The fourth-order valence-corrected chi connectivity index (χ4v) is 4.21. The van der Waals surface area contributed by atoms with Gasteiger partial charge in [-0.1, -0.05) is 28.1 Å². The van der Waals surface area contributed by atoms with E-state index in [1.54, 1.807) is 63.4 Å². The number of rotatable bonds is 10. The van der Waals surface area contributed by atoms with Gasteiger partial charge in [-0.2, -0.15) is 0 Å². The third-order valence-electron chi connectivity index (χ3n) is 4.80. The van der Waals surface area contributed by atoms with E-state index in [0.717, 1.165) is 20.6 Å². The molecule has 0 saturated heterocycles. The van der Waals surface area contributed by atoms with Crippen LogP contribution in [0.25, 0.3) is 0 Å². The van der Waals surface area contributed by atoms with Crippen molar-refractivity contribution in [2.24, 2.45) is 0 Å². The summed E-state index contributed by atoms with van der Waals surface area (Å²) in [6.07, 6.45) is 1.04. The lowest BCUT2D eigenvalue weighted by atomic mass is 10.1. The largest absolute Gasteiger partial charge is 0.497 e. The fourth-order valence-electron chi connectivity index (χ4n) is 3.09. The maximum Gasteiger partial charge on any atom is 0.244 e. The normalized spacial score (nSPS) is 12.0. The molecule has 0 unspecified atom stereocenters. The van der Waals surface area contributed by atoms with Gasteiger partial charge in [-0.15, -0.1) is 0 Å². The summed E-state index contributed by atoms with van der Waals surface area (Å²) in [4.78, 5) is 27.2. The molecule has 0 aliphatic rings. The molecule has 0 aliphatic heterocycles. The molecule has 2 aromatic rings. The lowest BCUT2D eigenvalue weighted by molar-refractivity contribution is -0.139. The van der Waals surface area contributed by atoms with Crippen molar-refractivity contribution in [1.82, 2.24) is 10.2 Å². The van der Waals surface area contributed by atoms with Crippen LogP contribution in [0.2, 0.25) is 0 Å². The Morgan fingerprint density at radius 1 is 1.16 bits per heavy atom. The molecule has 2 rings (SSSR count). The van der Waals surface area contributed by atoms with Crippen molar-refractivity contribution in [3.8, 4) is 5.75 Å². The Labute approximate surface area is 197 Å². The number of amides is 2. The lowest BCUT2D eigenvalue weighted by Crippen LogP contribution is -2.51. The number of sulfonamides is 1. The van der Waals surface area contributed by atoms with Crippen molar-refractivity contribution >= 4 is 43.5 Å². The third-order valence-corrected chi connectivity index (χ3v) is 6.47. The van der Waals surface area contributed by atoms with Gasteiger partial charge >= 0.3 is 0 Å². The zero-order valence-electron chi connectivity index (χ0n) is 18.5. The number of likely N-dealkylation sites (N-methyl/N-ethyl adjacent to an activating group) is 1. The van der Waals surface area contributed by atoms with Gasteiger partial charge in [-0.05, 0) is 55.8 Å². The molecule has 10 heteroatoms. The van der Waals surface area contributed by atoms with E-state index in [0.29, 0.717) is 18.0 Å². The van der Waals surface area contributed by atoms with Gasteiger partial charge in [0.2, 0.25) is 21.8 Å². The molecular weight excluding hydrogens is 498 g/mol. The van der Waals surface area contributed by atoms with Crippen LogP contribution >= 0.6 is 15.9 Å². The fraction of sp³-hybridized carbons (Fsp3) is 0.364. The Kier molecular flexibility index (Phi) is 9.09. The first-order valence-corrected chi connectivity index (χ1v) is 12.6. The minimum absolute atomic E-state index is 0.117. The smallest absolute Gasteiger partial charge is 0.244 e. The summed E-state index contributed by atoms with van der Waals surface area (Å²) in [5, 5.41) is 2.72. The number of hydrogen-bond acceptors (Lipinski definition) is 5. The van der Waals surface area contributed by atoms with E-state index in [-0.39, 0.29) is 12.5 Å². The molecule has 0 fully saturated rings. The molecule has 8 nitrogen and oxygen atoms in total. The highest BCUT2D eigenvalue weighted by Crippen LogP contribution is 2.22. The Hall–Kier alpha value is -2.59. The van der Waals surface area contributed by atoms with Gasteiger partial charge in [0.25, 0.3) is 0 Å². The van der Waals surface area contributed by atoms with E-state index in [1.165, 1.54) is 4.90 Å². The maximum atomic E-state index is 13.3. The van der Waals surface area contributed by atoms with Crippen LogP contribution in [0.4, 0.5) is 5.69 Å². The van der Waals surface area contributed by atoms with Gasteiger partial charge in [0.15, 0.2) is 0 Å². The number of anilines is 1. The van der Waals surface area contributed by atoms with E-state index in [2.05, 4.69) is 21.2 Å². The molecule has 0 heterocycles. The first-order chi connectivity index (χ1) is 15.1. The highest BCUT2D eigenvalue weighted by atomic mass is 79.9. The van der Waals surface area contributed by atoms with Crippen molar-refractivity contribution in [3.05, 3.63) is 58.6 Å². The molecule has 2 aromatic carbocycles. The highest BCUT2D eigenvalue weighted by molar-refractivity contribution is 9.10. The van der Waals surface area contributed by atoms with Crippen LogP contribution in [0, 0.1) is 0 Å². The zero-order chi connectivity index (χ0) is 23.9. The number of carbonyl (C=O) groups excluding carboxylic acids is 2. The number of methoxy groups -OCH3 is 1. The van der Waals surface area contributed by atoms with Crippen LogP contribution in [-0.4, -0.2) is 57.6 Å². The number of hydrogen-bond donors (Lipinski definition) is 1. The van der Waals surface area contributed by atoms with E-state index < -0.39 is 28.5 Å². The maximum absolute atomic E-state index is 13.3. The van der Waals surface area contributed by atoms with E-state index in [4.69, 9.17) is 4.74 Å². The quantitative estimate of drug-likeness (QED) is 0.514. The number of halogens is 1. The summed E-state index contributed by atoms with van der Waals surface area (Å²) >= 11 is 3.32. The van der Waals surface area contributed by atoms with Crippen molar-refractivity contribution in [2.45, 2.75) is 26.4 Å². The molecule has 0 bridgehead atoms. The predicted octanol–water partition coefficient (Wildman–Crippen LogP) is 2.78. The molecule has 0 spiro atoms. The first kappa shape index (κ1) is 25.7. The van der Waals surface area contributed by atoms with Crippen LogP contribution in [0.5, 0.6) is 5.75 Å². The average Bonchev–Trinajstić information content (AvgIpc) is 2.75. The van der Waals surface area contributed by atoms with E-state index in [9.17, 15) is 18.0 Å². The molecule has 174 valence electrons. The van der Waals surface area contributed by atoms with Gasteiger partial charge < -0.3 is 15.0 Å². The van der Waals surface area contributed by atoms with Crippen molar-refractivity contribution < 1.29 is 22.7 Å². The number of nitrogens with zero attached hydrogens (tertiary/aromatic N) is 2. The van der Waals surface area contributed by atoms with Crippen molar-refractivity contribution in [1.29, 1.82) is 0 Å². The minimum atomic E-state index is -3.75. The van der Waals surface area contributed by atoms with E-state index >= 15 is 0 Å². The molecule has 1 N–H and O–H groups in total. The summed E-state index contributed by atoms with van der Waals surface area (Å²) in [7, 11) is -2.21. The molecule has 32 heavy (non-hydrogen) atoms. The Morgan fingerprint density at radius 3 is 2.38 bits per heavy atom. The van der Waals surface area contributed by atoms with Crippen molar-refractivity contribution in [2.75, 3.05) is 30.8 Å². The molecule has 2 amide bonds. The topological polar surface area (TPSA) is 96.0 Å². The molecule has 0 aliphatic carbocycles. The Bertz CT molecular complexity index is 1040. The molecule has 0 radical (unpaired) electrons. The number of carbonyl (C=O) groups is 2. The lowest BCUT2D eigenvalue weighted by Gasteiger charge is -2.31. The summed E-state index contributed by atoms with van der Waals surface area (Å²) < 4.78 is 32.0. The van der Waals surface area contributed by atoms with Gasteiger partial charge in [-0.25, -0.2) is 8.42 Å². The SMILES string of the molecule is CCNC(=O)[C@H](C)N(Cc1cccc(OC)c1)C(=O)CN(c1ccc(Br)cc1)S(C)(=O)=O. The molecule has 1 atom stereocenters. The molecule has 0 aromatic heterocycles. The highest BCUT2D eigenvalue weighted by Gasteiger charge is 2.29. The van der Waals surface area contributed by atoms with Crippen LogP contribution < -0.4 is 14.4 Å². The van der Waals surface area contributed by atoms with Gasteiger partial charge in [-0.3, -0.25) is 13.9 Å². The van der Waals surface area contributed by atoms with Crippen LogP contribution in [-0.2, 0) is 26.2 Å². The van der Waals surface area contributed by atoms with Gasteiger partial charge in [0.05, 0.1) is 19.1 Å². The second-order valence-electron chi connectivity index (χ2n) is 7.19. The second kappa shape index (κ2) is 11.3. The van der Waals surface area contributed by atoms with E-state index in [1.807, 2.05) is 6.07 Å². The van der Waals surface area contributed by atoms with Crippen molar-refractivity contribution in [3.63, 3.8) is 0 Å². The Morgan fingerprint density at radius 2 is 1.81 bits per heavy atom. The third kappa shape index (κ3) is 6.96. The molecular formula is C22H28BrN3O5S. The predicted molar refractivity (Wildman–Crippen MR) is 128 cm³/mol. The Balaban J connectivity index is 2.38. The summed E-state index contributed by atoms with van der Waals surface area (Å²) in [5.74, 6) is -0.202. The summed E-state index contributed by atoms with van der Waals surface area (Å²) in [6.45, 7) is 3.50. The molecule has 0 saturated carbocycles. The summed E-state index contributed by atoms with van der Waals surface area (Å²) in [6, 6.07) is 13.0. The number of nitrogens with one attached hydrogen (secondary N) is 1. The summed E-state index contributed by atoms with van der Waals surface area (Å²) in [5.41, 5.74) is 1.11. The van der Waals surface area contributed by atoms with Crippen LogP contribution in [0.15, 0.2) is 53.0 Å². The first-order valence-electron chi connectivity index (χ1n) is 10.00. The van der Waals surface area contributed by atoms with Gasteiger partial charge in [0, 0.05) is 17.6 Å². The average molecular weight is 526 g/mol. The zero-order valence-corrected chi connectivity index (χ0v) is 20.9.